The molecular formula is C26H36N6O6. The average Bonchev–Trinajstić information content (AvgIpc) is 3.56. The maximum atomic E-state index is 13.4. The Labute approximate surface area is 221 Å². The molecule has 0 bridgehead atoms. The smallest absolute Gasteiger partial charge is 0.326 e. The molecule has 4 atom stereocenters. The molecule has 0 spiro atoms. The number of carboxylic acid groups (broad SMARTS) is 1. The molecule has 7 N–H and O–H groups in total. The molecule has 3 amide bonds. The number of likely N-dealkylation sites (tertiary alicyclic amines) is 1. The second kappa shape index (κ2) is 13.0. The van der Waals surface area contributed by atoms with Gasteiger partial charge in [0.25, 0.3) is 0 Å². The van der Waals surface area contributed by atoms with Crippen molar-refractivity contribution in [1.29, 1.82) is 0 Å². The maximum absolute atomic E-state index is 13.4. The first-order valence-electron chi connectivity index (χ1n) is 12.7. The molecule has 3 rings (SSSR count). The minimum Gasteiger partial charge on any atom is -0.508 e. The molecule has 1 aromatic carbocycles. The van der Waals surface area contributed by atoms with Crippen LogP contribution in [-0.2, 0) is 32.0 Å². The van der Waals surface area contributed by atoms with Crippen LogP contribution < -0.4 is 16.4 Å². The van der Waals surface area contributed by atoms with Crippen molar-refractivity contribution < 1.29 is 29.4 Å². The van der Waals surface area contributed by atoms with E-state index < -0.39 is 47.9 Å². The van der Waals surface area contributed by atoms with Crippen LogP contribution >= 0.6 is 0 Å². The molecule has 1 saturated heterocycles. The first-order chi connectivity index (χ1) is 18.0. The summed E-state index contributed by atoms with van der Waals surface area (Å²) in [5.74, 6) is -2.54. The fourth-order valence-electron chi connectivity index (χ4n) is 4.54. The topological polar surface area (TPSA) is 191 Å². The summed E-state index contributed by atoms with van der Waals surface area (Å²) in [7, 11) is 0. The number of imidazole rings is 1. The van der Waals surface area contributed by atoms with Gasteiger partial charge in [-0.15, -0.1) is 0 Å². The number of aromatic nitrogens is 2. The van der Waals surface area contributed by atoms with Crippen molar-refractivity contribution in [2.24, 2.45) is 11.7 Å². The lowest BCUT2D eigenvalue weighted by Gasteiger charge is -2.29. The number of phenols is 1. The molecule has 12 nitrogen and oxygen atoms in total. The molecule has 0 radical (unpaired) electrons. The highest BCUT2D eigenvalue weighted by Crippen LogP contribution is 2.20. The van der Waals surface area contributed by atoms with Gasteiger partial charge in [0.15, 0.2) is 0 Å². The van der Waals surface area contributed by atoms with Crippen molar-refractivity contribution >= 4 is 23.7 Å². The first kappa shape index (κ1) is 28.6. The van der Waals surface area contributed by atoms with Crippen molar-refractivity contribution in [3.05, 3.63) is 48.0 Å². The average molecular weight is 529 g/mol. The summed E-state index contributed by atoms with van der Waals surface area (Å²) in [6.45, 7) is 4.11. The molecule has 0 saturated carbocycles. The summed E-state index contributed by atoms with van der Waals surface area (Å²) in [5, 5.41) is 24.4. The summed E-state index contributed by atoms with van der Waals surface area (Å²) in [4.78, 5) is 59.5. The fraction of sp³-hybridized carbons (Fsp3) is 0.500. The van der Waals surface area contributed by atoms with Crippen molar-refractivity contribution in [3.63, 3.8) is 0 Å². The maximum Gasteiger partial charge on any atom is 0.326 e. The third-order valence-corrected chi connectivity index (χ3v) is 6.48. The Balaban J connectivity index is 1.74. The minimum absolute atomic E-state index is 0.0366. The van der Waals surface area contributed by atoms with Crippen LogP contribution in [0.5, 0.6) is 5.75 Å². The molecule has 4 unspecified atom stereocenters. The van der Waals surface area contributed by atoms with E-state index in [1.165, 1.54) is 29.6 Å². The highest BCUT2D eigenvalue weighted by atomic mass is 16.4. The number of nitrogens with one attached hydrogen (secondary N) is 3. The number of carboxylic acids is 1. The number of H-pyrrole nitrogens is 1. The molecule has 2 aromatic rings. The number of nitrogens with two attached hydrogens (primary N) is 1. The van der Waals surface area contributed by atoms with E-state index in [0.29, 0.717) is 31.5 Å². The van der Waals surface area contributed by atoms with Gasteiger partial charge in [0.2, 0.25) is 17.7 Å². The molecule has 1 aliphatic heterocycles. The molecule has 206 valence electrons. The molecular weight excluding hydrogens is 492 g/mol. The first-order valence-corrected chi connectivity index (χ1v) is 12.7. The normalized spacial score (nSPS) is 17.6. The minimum atomic E-state index is -1.07. The number of rotatable bonds is 12. The zero-order valence-electron chi connectivity index (χ0n) is 21.6. The van der Waals surface area contributed by atoms with Crippen LogP contribution in [-0.4, -0.2) is 79.5 Å². The Morgan fingerprint density at radius 3 is 2.39 bits per heavy atom. The van der Waals surface area contributed by atoms with Gasteiger partial charge >= 0.3 is 5.97 Å². The molecule has 0 aliphatic carbocycles. The summed E-state index contributed by atoms with van der Waals surface area (Å²) in [6.07, 6.45) is 4.48. The highest BCUT2D eigenvalue weighted by Gasteiger charge is 2.38. The van der Waals surface area contributed by atoms with Crippen molar-refractivity contribution in [3.8, 4) is 5.75 Å². The number of aliphatic carboxylic acids is 1. The second-order valence-electron chi connectivity index (χ2n) is 10.0. The van der Waals surface area contributed by atoms with Gasteiger partial charge in [0.1, 0.15) is 23.9 Å². The third-order valence-electron chi connectivity index (χ3n) is 6.48. The number of carbonyl (C=O) groups excluding carboxylic acids is 3. The summed E-state index contributed by atoms with van der Waals surface area (Å²) < 4.78 is 0. The number of phenolic OH excluding ortho intramolecular Hbond substituents is 1. The Morgan fingerprint density at radius 1 is 1.11 bits per heavy atom. The predicted octanol–water partition coefficient (Wildman–Crippen LogP) is 0.319. The number of aromatic amines is 1. The van der Waals surface area contributed by atoms with Crippen molar-refractivity contribution in [1.82, 2.24) is 25.5 Å². The van der Waals surface area contributed by atoms with E-state index in [4.69, 9.17) is 5.73 Å². The number of hydrogen-bond donors (Lipinski definition) is 6. The largest absolute Gasteiger partial charge is 0.508 e. The Kier molecular flexibility index (Phi) is 9.83. The van der Waals surface area contributed by atoms with Crippen LogP contribution in [0.15, 0.2) is 36.8 Å². The van der Waals surface area contributed by atoms with Crippen LogP contribution in [0.2, 0.25) is 0 Å². The fourth-order valence-corrected chi connectivity index (χ4v) is 4.54. The monoisotopic (exact) mass is 528 g/mol. The van der Waals surface area contributed by atoms with Crippen molar-refractivity contribution in [2.45, 2.75) is 70.1 Å². The van der Waals surface area contributed by atoms with Gasteiger partial charge in [-0.25, -0.2) is 9.78 Å². The quantitative estimate of drug-likeness (QED) is 0.227. The van der Waals surface area contributed by atoms with Gasteiger partial charge in [-0.05, 0) is 49.3 Å². The Morgan fingerprint density at radius 2 is 1.79 bits per heavy atom. The summed E-state index contributed by atoms with van der Waals surface area (Å²) >= 11 is 0. The van der Waals surface area contributed by atoms with Gasteiger partial charge in [-0.3, -0.25) is 14.4 Å². The van der Waals surface area contributed by atoms with E-state index in [-0.39, 0.29) is 24.5 Å². The second-order valence-corrected chi connectivity index (χ2v) is 10.0. The standard InChI is InChI=1S/C26H36N6O6/c1-15(2)10-21(25(36)32-9-3-4-22(32)26(37)38)31-24(35)20(12-17-13-28-14-29-17)30-23(34)19(27)11-16-5-7-18(33)8-6-16/h5-8,13-15,19-22,33H,3-4,9-12,27H2,1-2H3,(H,28,29)(H,30,34)(H,31,35)(H,37,38). The van der Waals surface area contributed by atoms with Crippen LogP contribution in [0.4, 0.5) is 0 Å². The number of amides is 3. The number of hydrogen-bond acceptors (Lipinski definition) is 7. The molecule has 1 fully saturated rings. The number of benzene rings is 1. The molecule has 1 aliphatic rings. The summed E-state index contributed by atoms with van der Waals surface area (Å²) in [5.41, 5.74) is 7.44. The van der Waals surface area contributed by atoms with E-state index in [1.54, 1.807) is 12.1 Å². The number of nitrogens with zero attached hydrogens (tertiary/aromatic N) is 2. The third kappa shape index (κ3) is 7.78. The predicted molar refractivity (Wildman–Crippen MR) is 138 cm³/mol. The Hall–Kier alpha value is -3.93. The van der Waals surface area contributed by atoms with Gasteiger partial charge < -0.3 is 36.5 Å². The van der Waals surface area contributed by atoms with Crippen molar-refractivity contribution in [2.75, 3.05) is 6.54 Å². The zero-order chi connectivity index (χ0) is 27.8. The number of carbonyl (C=O) groups is 4. The highest BCUT2D eigenvalue weighted by molar-refractivity contribution is 5.94. The van der Waals surface area contributed by atoms with E-state index in [0.717, 1.165) is 5.56 Å². The van der Waals surface area contributed by atoms with Crippen LogP contribution in [0.1, 0.15) is 44.4 Å². The van der Waals surface area contributed by atoms with Gasteiger partial charge in [0, 0.05) is 24.9 Å². The van der Waals surface area contributed by atoms with Gasteiger partial charge in [-0.2, -0.15) is 0 Å². The number of aromatic hydroxyl groups is 1. The SMILES string of the molecule is CC(C)CC(NC(=O)C(Cc1cnc[nH]1)NC(=O)C(N)Cc1ccc(O)cc1)C(=O)N1CCCC1C(=O)O. The van der Waals surface area contributed by atoms with E-state index >= 15 is 0 Å². The molecule has 2 heterocycles. The van der Waals surface area contributed by atoms with E-state index in [9.17, 15) is 29.4 Å². The van der Waals surface area contributed by atoms with Crippen LogP contribution in [0, 0.1) is 5.92 Å². The lowest BCUT2D eigenvalue weighted by Crippen LogP contribution is -2.58. The van der Waals surface area contributed by atoms with E-state index in [1.807, 2.05) is 13.8 Å². The van der Waals surface area contributed by atoms with Crippen LogP contribution in [0.25, 0.3) is 0 Å². The Bertz CT molecular complexity index is 1100. The zero-order valence-corrected chi connectivity index (χ0v) is 21.6. The summed E-state index contributed by atoms with van der Waals surface area (Å²) in [6, 6.07) is 2.40. The lowest BCUT2D eigenvalue weighted by molar-refractivity contribution is -0.149. The van der Waals surface area contributed by atoms with Gasteiger partial charge in [0.05, 0.1) is 12.4 Å². The van der Waals surface area contributed by atoms with Gasteiger partial charge in [-0.1, -0.05) is 26.0 Å². The van der Waals surface area contributed by atoms with Crippen LogP contribution in [0.3, 0.4) is 0 Å². The lowest BCUT2D eigenvalue weighted by atomic mass is 10.0. The molecule has 1 aromatic heterocycles. The molecule has 38 heavy (non-hydrogen) atoms. The molecule has 12 heteroatoms. The van der Waals surface area contributed by atoms with E-state index in [2.05, 4.69) is 20.6 Å².